The van der Waals surface area contributed by atoms with Crippen LogP contribution in [0.4, 0.5) is 5.69 Å². The van der Waals surface area contributed by atoms with Crippen molar-refractivity contribution in [2.45, 2.75) is 18.8 Å². The Morgan fingerprint density at radius 2 is 1.46 bits per heavy atom. The summed E-state index contributed by atoms with van der Waals surface area (Å²) in [6.45, 7) is 2.04. The standard InChI is InChI=1S/C34H25NO2/c1-21-16-17-29-28(18-21)34(33(37)35-29)27-15-9-8-14-25(27)30-26(23-12-6-3-7-13-23)20-24(32(36)31(30)34)19-22-10-4-2-5-11-22/h2-18,20,36H,19H2,1H3,(H,35,37). The molecule has 7 rings (SSSR count). The number of carbonyl (C=O) groups is 1. The van der Waals surface area contributed by atoms with Gasteiger partial charge in [0, 0.05) is 23.2 Å². The molecule has 5 aromatic rings. The van der Waals surface area contributed by atoms with E-state index in [-0.39, 0.29) is 11.7 Å². The summed E-state index contributed by atoms with van der Waals surface area (Å²) in [5.41, 5.74) is 9.17. The molecule has 0 saturated heterocycles. The molecule has 1 unspecified atom stereocenters. The quantitative estimate of drug-likeness (QED) is 0.287. The molecule has 0 aromatic heterocycles. The van der Waals surface area contributed by atoms with Crippen molar-refractivity contribution in [1.29, 1.82) is 0 Å². The fraction of sp³-hybridized carbons (Fsp3) is 0.0882. The number of carbonyl (C=O) groups excluding carboxylic acids is 1. The number of anilines is 1. The molecular formula is C34H25NO2. The van der Waals surface area contributed by atoms with E-state index in [1.54, 1.807) is 0 Å². The van der Waals surface area contributed by atoms with E-state index in [2.05, 4.69) is 47.8 Å². The zero-order valence-electron chi connectivity index (χ0n) is 20.5. The van der Waals surface area contributed by atoms with Gasteiger partial charge in [-0.15, -0.1) is 0 Å². The highest BCUT2D eigenvalue weighted by molar-refractivity contribution is 6.17. The Morgan fingerprint density at radius 3 is 2.24 bits per heavy atom. The molecule has 0 bridgehead atoms. The number of hydrogen-bond acceptors (Lipinski definition) is 2. The fourth-order valence-electron chi connectivity index (χ4n) is 6.26. The van der Waals surface area contributed by atoms with Crippen LogP contribution in [0.2, 0.25) is 0 Å². The molecule has 1 heterocycles. The van der Waals surface area contributed by atoms with Crippen LogP contribution in [-0.4, -0.2) is 11.0 Å². The molecule has 1 spiro atoms. The molecule has 0 saturated carbocycles. The average molecular weight is 480 g/mol. The van der Waals surface area contributed by atoms with Crippen LogP contribution in [0.1, 0.15) is 33.4 Å². The number of phenols is 1. The van der Waals surface area contributed by atoms with E-state index < -0.39 is 5.41 Å². The number of hydrogen-bond donors (Lipinski definition) is 2. The molecular weight excluding hydrogens is 454 g/mol. The van der Waals surface area contributed by atoms with Gasteiger partial charge >= 0.3 is 0 Å². The maximum Gasteiger partial charge on any atom is 0.244 e. The minimum atomic E-state index is -1.12. The van der Waals surface area contributed by atoms with Gasteiger partial charge < -0.3 is 10.4 Å². The van der Waals surface area contributed by atoms with Crippen LogP contribution in [0.15, 0.2) is 109 Å². The highest BCUT2D eigenvalue weighted by atomic mass is 16.3. The summed E-state index contributed by atoms with van der Waals surface area (Å²) >= 11 is 0. The van der Waals surface area contributed by atoms with Crippen molar-refractivity contribution in [3.05, 3.63) is 143 Å². The Labute approximate surface area is 216 Å². The maximum atomic E-state index is 14.1. The molecule has 37 heavy (non-hydrogen) atoms. The second kappa shape index (κ2) is 7.94. The number of rotatable bonds is 3. The molecule has 0 fully saturated rings. The first-order valence-corrected chi connectivity index (χ1v) is 12.6. The van der Waals surface area contributed by atoms with Crippen LogP contribution in [0.25, 0.3) is 22.3 Å². The van der Waals surface area contributed by atoms with Gasteiger partial charge in [-0.3, -0.25) is 4.79 Å². The van der Waals surface area contributed by atoms with Gasteiger partial charge in [0.05, 0.1) is 0 Å². The van der Waals surface area contributed by atoms with Crippen molar-refractivity contribution >= 4 is 11.6 Å². The van der Waals surface area contributed by atoms with Crippen molar-refractivity contribution in [2.24, 2.45) is 0 Å². The van der Waals surface area contributed by atoms with E-state index in [1.165, 1.54) is 0 Å². The lowest BCUT2D eigenvalue weighted by atomic mass is 9.71. The Morgan fingerprint density at radius 1 is 0.757 bits per heavy atom. The Hall–Kier alpha value is -4.63. The van der Waals surface area contributed by atoms with Crippen molar-refractivity contribution in [2.75, 3.05) is 5.32 Å². The Kier molecular flexibility index (Phi) is 4.64. The zero-order chi connectivity index (χ0) is 25.1. The van der Waals surface area contributed by atoms with Gasteiger partial charge in [0.25, 0.3) is 0 Å². The van der Waals surface area contributed by atoms with Gasteiger partial charge in [0.1, 0.15) is 11.2 Å². The Bertz CT molecular complexity index is 1710. The minimum absolute atomic E-state index is 0.120. The second-order valence-corrected chi connectivity index (χ2v) is 10.0. The van der Waals surface area contributed by atoms with E-state index in [1.807, 2.05) is 73.7 Å². The molecule has 178 valence electrons. The van der Waals surface area contributed by atoms with Crippen LogP contribution < -0.4 is 5.32 Å². The van der Waals surface area contributed by atoms with Gasteiger partial charge in [-0.25, -0.2) is 0 Å². The lowest BCUT2D eigenvalue weighted by Gasteiger charge is -2.27. The van der Waals surface area contributed by atoms with Crippen LogP contribution in [0, 0.1) is 6.92 Å². The van der Waals surface area contributed by atoms with Gasteiger partial charge in [0.15, 0.2) is 0 Å². The third kappa shape index (κ3) is 2.98. The molecule has 2 aliphatic rings. The van der Waals surface area contributed by atoms with Crippen molar-refractivity contribution in [1.82, 2.24) is 0 Å². The number of amides is 1. The third-order valence-electron chi connectivity index (χ3n) is 7.84. The number of nitrogens with one attached hydrogen (secondary N) is 1. The molecule has 0 radical (unpaired) electrons. The molecule has 3 nitrogen and oxygen atoms in total. The van der Waals surface area contributed by atoms with Crippen molar-refractivity contribution in [3.8, 4) is 28.0 Å². The number of phenolic OH excluding ortho intramolecular Hbond substituents is 1. The number of benzene rings is 5. The van der Waals surface area contributed by atoms with Crippen LogP contribution in [0.5, 0.6) is 5.75 Å². The largest absolute Gasteiger partial charge is 0.507 e. The highest BCUT2D eigenvalue weighted by Gasteiger charge is 2.57. The fourth-order valence-corrected chi connectivity index (χ4v) is 6.26. The summed E-state index contributed by atoms with van der Waals surface area (Å²) in [5, 5.41) is 15.2. The van der Waals surface area contributed by atoms with Gasteiger partial charge in [-0.2, -0.15) is 0 Å². The van der Waals surface area contributed by atoms with Crippen LogP contribution in [0.3, 0.4) is 0 Å². The van der Waals surface area contributed by atoms with Crippen molar-refractivity contribution < 1.29 is 9.90 Å². The van der Waals surface area contributed by atoms with E-state index in [9.17, 15) is 9.90 Å². The first-order valence-electron chi connectivity index (χ1n) is 12.6. The number of aromatic hydroxyl groups is 1. The maximum absolute atomic E-state index is 14.1. The molecule has 1 amide bonds. The van der Waals surface area contributed by atoms with Crippen LogP contribution in [-0.2, 0) is 16.6 Å². The smallest absolute Gasteiger partial charge is 0.244 e. The third-order valence-corrected chi connectivity index (χ3v) is 7.84. The van der Waals surface area contributed by atoms with Crippen molar-refractivity contribution in [3.63, 3.8) is 0 Å². The summed E-state index contributed by atoms with van der Waals surface area (Å²) < 4.78 is 0. The number of aryl methyl sites for hydroxylation is 1. The van der Waals surface area contributed by atoms with E-state index >= 15 is 0 Å². The predicted molar refractivity (Wildman–Crippen MR) is 148 cm³/mol. The summed E-state index contributed by atoms with van der Waals surface area (Å²) in [4.78, 5) is 14.1. The van der Waals surface area contributed by atoms with Gasteiger partial charge in [0.2, 0.25) is 5.91 Å². The molecule has 5 aromatic carbocycles. The lowest BCUT2D eigenvalue weighted by Crippen LogP contribution is -2.35. The van der Waals surface area contributed by atoms with Crippen LogP contribution >= 0.6 is 0 Å². The summed E-state index contributed by atoms with van der Waals surface area (Å²) in [6.07, 6.45) is 0.564. The average Bonchev–Trinajstić information content (AvgIpc) is 3.40. The molecule has 1 aliphatic heterocycles. The van der Waals surface area contributed by atoms with E-state index in [0.29, 0.717) is 12.0 Å². The molecule has 2 N–H and O–H groups in total. The summed E-state index contributed by atoms with van der Waals surface area (Å²) in [5.74, 6) is 0.0738. The number of fused-ring (bicyclic) bond motifs is 7. The summed E-state index contributed by atoms with van der Waals surface area (Å²) in [7, 11) is 0. The van der Waals surface area contributed by atoms with Gasteiger partial charge in [-0.1, -0.05) is 103 Å². The second-order valence-electron chi connectivity index (χ2n) is 10.0. The lowest BCUT2D eigenvalue weighted by molar-refractivity contribution is -0.118. The Balaban J connectivity index is 1.62. The SMILES string of the molecule is Cc1ccc2c(c1)C1(C(=O)N2)c2ccccc2-c2c(-c3ccccc3)cc(Cc3ccccc3)c(O)c21. The van der Waals surface area contributed by atoms with E-state index in [0.717, 1.165) is 55.8 Å². The predicted octanol–water partition coefficient (Wildman–Crippen LogP) is 7.23. The minimum Gasteiger partial charge on any atom is -0.507 e. The highest BCUT2D eigenvalue weighted by Crippen LogP contribution is 2.62. The zero-order valence-corrected chi connectivity index (χ0v) is 20.5. The molecule has 1 aliphatic carbocycles. The topological polar surface area (TPSA) is 49.3 Å². The van der Waals surface area contributed by atoms with Gasteiger partial charge in [-0.05, 0) is 58.0 Å². The van der Waals surface area contributed by atoms with E-state index in [4.69, 9.17) is 0 Å². The molecule has 3 heteroatoms. The summed E-state index contributed by atoms with van der Waals surface area (Å²) in [6, 6.07) is 36.7. The molecule has 1 atom stereocenters. The first-order chi connectivity index (χ1) is 18.1. The first kappa shape index (κ1) is 21.6. The normalized spacial score (nSPS) is 16.8. The monoisotopic (exact) mass is 479 g/mol.